The van der Waals surface area contributed by atoms with Crippen molar-refractivity contribution in [1.29, 1.82) is 0 Å². The summed E-state index contributed by atoms with van der Waals surface area (Å²) in [5.74, 6) is 0. The largest absolute Gasteiger partial charge is 0.456 e. The maximum atomic E-state index is 6.87. The summed E-state index contributed by atoms with van der Waals surface area (Å²) in [4.78, 5) is 2.53. The van der Waals surface area contributed by atoms with Crippen LogP contribution in [0.3, 0.4) is 0 Å². The number of anilines is 3. The number of benzene rings is 11. The number of aromatic nitrogens is 1. The van der Waals surface area contributed by atoms with Crippen molar-refractivity contribution in [3.8, 4) is 50.2 Å². The van der Waals surface area contributed by atoms with Gasteiger partial charge in [0.15, 0.2) is 0 Å². The predicted molar refractivity (Wildman–Crippen MR) is 625 cm³/mol. The third-order valence-electron chi connectivity index (χ3n) is 15.2. The fourth-order valence-electron chi connectivity index (χ4n) is 12.4. The first kappa shape index (κ1) is 250. The average molecular weight is 3200 g/mol. The molecular weight excluding hydrogens is 3160 g/mol. The molecule has 0 bridgehead atoms. The van der Waals surface area contributed by atoms with E-state index in [-0.39, 0.29) is 52.8 Å². The molecule has 2 aromatic heterocycles. The molecule has 62 heteroatoms. The molecule has 1 spiro atoms. The van der Waals surface area contributed by atoms with Crippen LogP contribution in [0.4, 0.5) is 17.1 Å². The summed E-state index contributed by atoms with van der Waals surface area (Å²) >= 11 is 72.5. The number of furan rings is 1. The van der Waals surface area contributed by atoms with E-state index in [0.29, 0.717) is 0 Å². The van der Waals surface area contributed by atoms with Gasteiger partial charge in [-0.3, -0.25) is 0 Å². The van der Waals surface area contributed by atoms with Crippen LogP contribution < -0.4 is 56.3 Å². The van der Waals surface area contributed by atoms with Gasteiger partial charge in [0.05, 0.1) is 38.9 Å². The van der Waals surface area contributed by atoms with Crippen molar-refractivity contribution in [1.82, 2.24) is 4.57 Å². The van der Waals surface area contributed by atoms with Gasteiger partial charge in [-0.2, -0.15) is 0 Å². The molecule has 0 radical (unpaired) electrons. The van der Waals surface area contributed by atoms with Crippen molar-refractivity contribution in [2.75, 3.05) is 4.90 Å². The van der Waals surface area contributed by atoms with Crippen molar-refractivity contribution in [3.63, 3.8) is 0 Å². The molecule has 2 heterocycles. The first-order chi connectivity index (χ1) is 63.8. The van der Waals surface area contributed by atoms with Crippen LogP contribution in [-0.2, 0) is 5.41 Å². The zero-order chi connectivity index (χ0) is 104. The molecule has 0 aliphatic heterocycles. The van der Waals surface area contributed by atoms with Crippen LogP contribution in [0.1, 0.15) is 23.7 Å². The Kier molecular flexibility index (Phi) is 417. The summed E-state index contributed by atoms with van der Waals surface area (Å²) < 4.78 is 9.25. The summed E-state index contributed by atoms with van der Waals surface area (Å²) in [6.45, 7) is 0. The zero-order valence-corrected chi connectivity index (χ0v) is 281. The van der Waals surface area contributed by atoms with Gasteiger partial charge in [-0.05, 0) is 122 Å². The van der Waals surface area contributed by atoms with Gasteiger partial charge < -0.3 is 15.3 Å². The number of hydrogen-bond acceptors (Lipinski definition) is 2. The van der Waals surface area contributed by atoms with Crippen LogP contribution in [0, 0.1) is 0 Å². The van der Waals surface area contributed by atoms with Gasteiger partial charge in [-0.15, -0.1) is 0 Å². The van der Waals surface area contributed by atoms with E-state index in [1.165, 1.54) is 1900 Å². The Morgan fingerprint density at radius 1 is 0.209 bits per heavy atom. The molecule has 2 aliphatic rings. The Labute approximate surface area is 2140 Å². The standard InChI is InChI=1S/C67H42N2O.59K.H/c1-3-19-43(20-4-1)47-23-10-15-32-58(47)69(61-34-17-31-57-65(61)51-27-9-14-30-56(51)67(57)54-28-12-7-24-48(54)49-25-8-13-29-55(49)67)62-35-18-36-64-66(62)53-42-45(38-40-63(53)70-64)44-37-39-60-52(41-44)50-26-11-16-33-59(50)68(60)46-21-5-2-6-22-46;;;;;;;;;;;;;;;;;;;;;;;;;;;;;;;;;;;;;;;;;;;;;;;;;;;;;;;;;;;;/h1-42H;;;;;;;;;;;;;;;;;;;;;;;;;;;;;;;;;;;;;;;;;;;;;;;;;;;;;;;;;;;;/q;;;;;;;;;;;;;;;;;;;;;;;;;;;;;;;;;;;;;;;;;;;;;;;;;;;;;;;;;;;+1;-1. The minimum absolute atomic E-state index is 0. The zero-order valence-electron chi connectivity index (χ0n) is 98.1. The number of rotatable bonds is 6. The van der Waals surface area contributed by atoms with E-state index in [2.05, 4.69) is 264 Å². The molecule has 3 nitrogen and oxygen atoms in total. The van der Waals surface area contributed by atoms with Crippen LogP contribution in [0.15, 0.2) is 259 Å². The van der Waals surface area contributed by atoms with Gasteiger partial charge >= 0.3 is 1880 Å². The molecule has 129 heavy (non-hydrogen) atoms. The molecule has 0 fully saturated rings. The van der Waals surface area contributed by atoms with Crippen LogP contribution >= 0.6 is 0 Å². The second-order valence-electron chi connectivity index (χ2n) is 18.7. The average Bonchev–Trinajstić information content (AvgIpc) is 1.50. The summed E-state index contributed by atoms with van der Waals surface area (Å²) in [6.07, 6.45) is 0. The molecular formula is C67H43K59N2O. The summed E-state index contributed by atoms with van der Waals surface area (Å²) in [5, 5.41) is 4.60. The molecule has 0 saturated carbocycles. The Morgan fingerprint density at radius 3 is 0.922 bits per heavy atom. The third-order valence-corrected chi connectivity index (χ3v) is 15.2. The first-order valence-electron chi connectivity index (χ1n) is 53.2. The van der Waals surface area contributed by atoms with Gasteiger partial charge in [0, 0.05) is 33.0 Å². The molecule has 11 aromatic carbocycles. The topological polar surface area (TPSA) is 21.3 Å². The van der Waals surface area contributed by atoms with Gasteiger partial charge in [0.2, 0.25) is 0 Å². The second-order valence-corrected chi connectivity index (χ2v) is 18.7. The second kappa shape index (κ2) is 215. The van der Waals surface area contributed by atoms with Crippen molar-refractivity contribution in [3.05, 3.63) is 277 Å². The van der Waals surface area contributed by atoms with Crippen molar-refractivity contribution in [2.45, 2.75) is 5.41 Å². The van der Waals surface area contributed by atoms with Gasteiger partial charge in [0.25, 0.3) is 0 Å². The molecule has 0 amide bonds. The normalized spacial score (nSPS) is 8.84. The molecule has 0 atom stereocenters. The number of para-hydroxylation sites is 3. The van der Waals surface area contributed by atoms with Crippen molar-refractivity contribution in [2.24, 2.45) is 0 Å². The van der Waals surface area contributed by atoms with E-state index in [1.807, 2.05) is 0 Å². The van der Waals surface area contributed by atoms with Crippen LogP contribution in [0.5, 0.6) is 0 Å². The smallest absolute Gasteiger partial charge is 0.137 e. The minimum Gasteiger partial charge on any atom is -0.456 e. The monoisotopic (exact) mass is 3190 g/mol. The maximum absolute atomic E-state index is 6.87. The van der Waals surface area contributed by atoms with E-state index < -0.39 is 5.41 Å². The van der Waals surface area contributed by atoms with Gasteiger partial charge in [-0.1, -0.05) is 188 Å². The number of fused-ring (bicyclic) bond motifs is 16. The van der Waals surface area contributed by atoms with E-state index in [4.69, 9.17) is 4.42 Å². The summed E-state index contributed by atoms with van der Waals surface area (Å²) in [5.41, 5.74) is 22.9. The third kappa shape index (κ3) is 118. The summed E-state index contributed by atoms with van der Waals surface area (Å²) in [7, 11) is 0. The first-order valence-corrected chi connectivity index (χ1v) is 517. The fourth-order valence-corrected chi connectivity index (χ4v) is 12.4. The number of nitrogens with zero attached hydrogens (tertiary/aromatic N) is 2. The summed E-state index contributed by atoms with van der Waals surface area (Å²) in [6, 6.07) is 93.5. The van der Waals surface area contributed by atoms with Gasteiger partial charge in [0.1, 0.15) is 11.2 Å². The van der Waals surface area contributed by atoms with Crippen LogP contribution in [0.2, 0.25) is 0 Å². The van der Waals surface area contributed by atoms with Crippen molar-refractivity contribution < 1.29 is 57.2 Å². The van der Waals surface area contributed by atoms with E-state index >= 15 is 0 Å². The number of hydrogen-bond donors (Lipinski definition) is 0. The maximum Gasteiger partial charge on any atom is 0.137 e. The Morgan fingerprint density at radius 2 is 0.504 bits per heavy atom. The van der Waals surface area contributed by atoms with Gasteiger partial charge in [-0.25, -0.2) is 0 Å². The predicted octanol–water partition coefficient (Wildman–Crippen LogP) is -7.14. The fraction of sp³-hybridized carbons (Fsp3) is 0.0149. The van der Waals surface area contributed by atoms with Crippen molar-refractivity contribution >= 4 is 1890 Å². The van der Waals surface area contributed by atoms with Crippen LogP contribution in [-0.4, -0.2) is 1840 Å². The Balaban J connectivity index is -0.000000123. The van der Waals surface area contributed by atoms with E-state index in [9.17, 15) is 0 Å². The SMILES string of the molecule is [H-].[K+].[K][K].[K][K].[K][K].[K][K].[K][K].[K][K].[K][K].[K][K].[K][K].[K][K].[K][K].[K][K].[K][K].[K][K].[K][K].[K][K].[K][K].[K][K].[K][K].[K][K].[K][K].[K][K].[K][K].[K][K].[K][K].[K][K].[K][K].[K][K].[K][K].c1ccc(-c2ccccc2N(c2cccc3c2-c2ccccc2C32c3ccccc3-c3ccccc32)c2cccc3oc4ccc(-c5ccc6c(c5)c5ccccc5n6-c5ccccc5)cc4c23)cc1. The molecule has 13 aromatic rings. The Bertz CT molecular complexity index is 4340. The van der Waals surface area contributed by atoms with E-state index in [1.54, 1.807) is 0 Å². The Hall–Kier alpha value is 87.4. The molecule has 0 unspecified atom stereocenters. The van der Waals surface area contributed by atoms with E-state index in [0.717, 1.165) is 66.9 Å². The molecule has 2 aliphatic carbocycles. The molecule has 0 N–H and O–H groups in total. The van der Waals surface area contributed by atoms with Crippen LogP contribution in [0.25, 0.3) is 93.9 Å². The molecule has 386 valence electrons. The molecule has 0 saturated heterocycles. The molecule has 15 rings (SSSR count). The quantitative estimate of drug-likeness (QED) is 0.155. The minimum atomic E-state index is -0.489.